The Morgan fingerprint density at radius 1 is 1.31 bits per heavy atom. The smallest absolute Gasteiger partial charge is 0.309 e. The zero-order chi connectivity index (χ0) is 10.5. The molecule has 0 bridgehead atoms. The van der Waals surface area contributed by atoms with Crippen LogP contribution in [0.4, 0.5) is 0 Å². The van der Waals surface area contributed by atoms with E-state index in [2.05, 4.69) is 6.92 Å². The van der Waals surface area contributed by atoms with E-state index in [0.29, 0.717) is 0 Å². The first-order valence-corrected chi connectivity index (χ1v) is 5.13. The Bertz CT molecular complexity index is 156. The van der Waals surface area contributed by atoms with Gasteiger partial charge in [0.15, 0.2) is 0 Å². The number of ether oxygens (including phenoxy) is 1. The minimum Gasteiger partial charge on any atom is -0.460 e. The maximum atomic E-state index is 11.6. The summed E-state index contributed by atoms with van der Waals surface area (Å²) in [5, 5.41) is 0. The topological polar surface area (TPSA) is 26.3 Å². The van der Waals surface area contributed by atoms with E-state index in [1.54, 1.807) is 0 Å². The molecule has 0 aliphatic rings. The first-order chi connectivity index (χ1) is 5.90. The highest BCUT2D eigenvalue weighted by molar-refractivity contribution is 5.72. The molecule has 13 heavy (non-hydrogen) atoms. The van der Waals surface area contributed by atoms with Crippen LogP contribution in [0.15, 0.2) is 0 Å². The Morgan fingerprint density at radius 3 is 2.15 bits per heavy atom. The molecule has 0 saturated carbocycles. The molecule has 1 atom stereocenters. The summed E-state index contributed by atoms with van der Waals surface area (Å²) in [6, 6.07) is 0. The Morgan fingerprint density at radius 2 is 1.85 bits per heavy atom. The third-order valence-electron chi connectivity index (χ3n) is 1.87. The van der Waals surface area contributed by atoms with Gasteiger partial charge in [0.25, 0.3) is 0 Å². The van der Waals surface area contributed by atoms with Gasteiger partial charge in [-0.15, -0.1) is 0 Å². The summed E-state index contributed by atoms with van der Waals surface area (Å²) in [6.07, 6.45) is 2.85. The number of hydrogen-bond acceptors (Lipinski definition) is 2. The fourth-order valence-electron chi connectivity index (χ4n) is 1.22. The lowest BCUT2D eigenvalue weighted by Gasteiger charge is -2.23. The van der Waals surface area contributed by atoms with Gasteiger partial charge in [-0.3, -0.25) is 4.79 Å². The number of esters is 1. The summed E-state index contributed by atoms with van der Waals surface area (Å²) in [5.41, 5.74) is -0.349. The summed E-state index contributed by atoms with van der Waals surface area (Å²) in [6.45, 7) is 9.84. The maximum absolute atomic E-state index is 11.6. The SMILES string of the molecule is CCC[C@H](CC)C(=O)OC(C)(C)C. The van der Waals surface area contributed by atoms with Crippen molar-refractivity contribution in [2.75, 3.05) is 0 Å². The van der Waals surface area contributed by atoms with Gasteiger partial charge in [0, 0.05) is 0 Å². The van der Waals surface area contributed by atoms with Gasteiger partial charge >= 0.3 is 5.97 Å². The van der Waals surface area contributed by atoms with E-state index in [9.17, 15) is 4.79 Å². The molecule has 0 saturated heterocycles. The standard InChI is InChI=1S/C11H22O2/c1-6-8-9(7-2)10(12)13-11(3,4)5/h9H,6-8H2,1-5H3/t9-/m0/s1. The van der Waals surface area contributed by atoms with Gasteiger partial charge in [-0.1, -0.05) is 20.3 Å². The van der Waals surface area contributed by atoms with Crippen molar-refractivity contribution in [3.8, 4) is 0 Å². The second kappa shape index (κ2) is 5.25. The van der Waals surface area contributed by atoms with E-state index in [1.807, 2.05) is 27.7 Å². The first kappa shape index (κ1) is 12.5. The van der Waals surface area contributed by atoms with E-state index in [4.69, 9.17) is 4.74 Å². The van der Waals surface area contributed by atoms with Crippen molar-refractivity contribution >= 4 is 5.97 Å². The van der Waals surface area contributed by atoms with Crippen molar-refractivity contribution in [3.63, 3.8) is 0 Å². The zero-order valence-electron chi connectivity index (χ0n) is 9.52. The highest BCUT2D eigenvalue weighted by Crippen LogP contribution is 2.17. The van der Waals surface area contributed by atoms with Crippen LogP contribution in [-0.2, 0) is 9.53 Å². The average molecular weight is 186 g/mol. The van der Waals surface area contributed by atoms with Gasteiger partial charge in [-0.2, -0.15) is 0 Å². The average Bonchev–Trinajstić information content (AvgIpc) is 1.96. The molecule has 78 valence electrons. The van der Waals surface area contributed by atoms with Crippen LogP contribution in [0.3, 0.4) is 0 Å². The molecule has 0 aromatic carbocycles. The molecule has 0 rings (SSSR count). The van der Waals surface area contributed by atoms with Gasteiger partial charge in [0.05, 0.1) is 5.92 Å². The lowest BCUT2D eigenvalue weighted by Crippen LogP contribution is -2.28. The molecule has 0 unspecified atom stereocenters. The number of rotatable bonds is 4. The molecule has 0 aromatic rings. The van der Waals surface area contributed by atoms with E-state index < -0.39 is 0 Å². The predicted octanol–water partition coefficient (Wildman–Crippen LogP) is 3.15. The van der Waals surface area contributed by atoms with E-state index in [0.717, 1.165) is 19.3 Å². The maximum Gasteiger partial charge on any atom is 0.309 e. The van der Waals surface area contributed by atoms with Gasteiger partial charge in [-0.25, -0.2) is 0 Å². The van der Waals surface area contributed by atoms with Crippen LogP contribution in [0.5, 0.6) is 0 Å². The molecule has 0 aromatic heterocycles. The second-order valence-corrected chi connectivity index (χ2v) is 4.43. The summed E-state index contributed by atoms with van der Waals surface area (Å²) in [7, 11) is 0. The Hall–Kier alpha value is -0.530. The lowest BCUT2D eigenvalue weighted by atomic mass is 10.0. The Labute approximate surface area is 81.7 Å². The van der Waals surface area contributed by atoms with Gasteiger partial charge < -0.3 is 4.74 Å². The second-order valence-electron chi connectivity index (χ2n) is 4.43. The van der Waals surface area contributed by atoms with Crippen LogP contribution < -0.4 is 0 Å². The van der Waals surface area contributed by atoms with Gasteiger partial charge in [0.1, 0.15) is 5.60 Å². The van der Waals surface area contributed by atoms with Gasteiger partial charge in [-0.05, 0) is 33.6 Å². The van der Waals surface area contributed by atoms with Crippen LogP contribution in [-0.4, -0.2) is 11.6 Å². The Kier molecular flexibility index (Phi) is 5.04. The fourth-order valence-corrected chi connectivity index (χ4v) is 1.22. The van der Waals surface area contributed by atoms with Crippen molar-refractivity contribution in [1.82, 2.24) is 0 Å². The van der Waals surface area contributed by atoms with Crippen molar-refractivity contribution < 1.29 is 9.53 Å². The van der Waals surface area contributed by atoms with Crippen LogP contribution in [0, 0.1) is 5.92 Å². The molecule has 0 fully saturated rings. The number of carbonyl (C=O) groups excluding carboxylic acids is 1. The van der Waals surface area contributed by atoms with Crippen LogP contribution >= 0.6 is 0 Å². The van der Waals surface area contributed by atoms with Crippen LogP contribution in [0.25, 0.3) is 0 Å². The summed E-state index contributed by atoms with van der Waals surface area (Å²) < 4.78 is 5.30. The number of carbonyl (C=O) groups is 1. The van der Waals surface area contributed by atoms with Crippen molar-refractivity contribution in [3.05, 3.63) is 0 Å². The molecule has 2 nitrogen and oxygen atoms in total. The summed E-state index contributed by atoms with van der Waals surface area (Å²) >= 11 is 0. The Balaban J connectivity index is 4.06. The molecule has 0 heterocycles. The molecule has 0 spiro atoms. The third kappa shape index (κ3) is 5.67. The summed E-state index contributed by atoms with van der Waals surface area (Å²) in [5.74, 6) is 0.0427. The monoisotopic (exact) mass is 186 g/mol. The van der Waals surface area contributed by atoms with Crippen LogP contribution in [0.2, 0.25) is 0 Å². The fraction of sp³-hybridized carbons (Fsp3) is 0.909. The molecule has 0 amide bonds. The first-order valence-electron chi connectivity index (χ1n) is 5.13. The van der Waals surface area contributed by atoms with Crippen molar-refractivity contribution in [2.24, 2.45) is 5.92 Å². The molecule has 0 N–H and O–H groups in total. The zero-order valence-corrected chi connectivity index (χ0v) is 9.52. The summed E-state index contributed by atoms with van der Waals surface area (Å²) in [4.78, 5) is 11.6. The normalized spacial score (nSPS) is 13.9. The van der Waals surface area contributed by atoms with Gasteiger partial charge in [0.2, 0.25) is 0 Å². The van der Waals surface area contributed by atoms with Crippen molar-refractivity contribution in [1.29, 1.82) is 0 Å². The molecule has 2 heteroatoms. The molecular formula is C11H22O2. The molecule has 0 aliphatic heterocycles. The molecule has 0 radical (unpaired) electrons. The molecule has 0 aliphatic carbocycles. The number of hydrogen-bond donors (Lipinski definition) is 0. The lowest BCUT2D eigenvalue weighted by molar-refractivity contribution is -0.160. The quantitative estimate of drug-likeness (QED) is 0.630. The third-order valence-corrected chi connectivity index (χ3v) is 1.87. The van der Waals surface area contributed by atoms with E-state index in [-0.39, 0.29) is 17.5 Å². The van der Waals surface area contributed by atoms with E-state index >= 15 is 0 Å². The minimum absolute atomic E-state index is 0.0446. The molecular weight excluding hydrogens is 164 g/mol. The van der Waals surface area contributed by atoms with Crippen LogP contribution in [0.1, 0.15) is 53.9 Å². The largest absolute Gasteiger partial charge is 0.460 e. The minimum atomic E-state index is -0.349. The van der Waals surface area contributed by atoms with E-state index in [1.165, 1.54) is 0 Å². The van der Waals surface area contributed by atoms with Crippen molar-refractivity contribution in [2.45, 2.75) is 59.5 Å². The highest BCUT2D eigenvalue weighted by atomic mass is 16.6. The predicted molar refractivity (Wildman–Crippen MR) is 54.5 cm³/mol. The highest BCUT2D eigenvalue weighted by Gasteiger charge is 2.22.